The predicted octanol–water partition coefficient (Wildman–Crippen LogP) is 2.11. The van der Waals surface area contributed by atoms with Crippen LogP contribution in [0.5, 0.6) is 0 Å². The van der Waals surface area contributed by atoms with E-state index < -0.39 is 6.10 Å². The zero-order chi connectivity index (χ0) is 13.2. The van der Waals surface area contributed by atoms with E-state index in [4.69, 9.17) is 0 Å². The van der Waals surface area contributed by atoms with E-state index in [1.807, 2.05) is 17.8 Å². The molecule has 0 amide bonds. The van der Waals surface area contributed by atoms with E-state index in [9.17, 15) is 5.11 Å². The van der Waals surface area contributed by atoms with Gasteiger partial charge in [-0.3, -0.25) is 0 Å². The first-order valence-corrected chi connectivity index (χ1v) is 6.90. The molecular weight excluding hydrogens is 226 g/mol. The van der Waals surface area contributed by atoms with Crippen LogP contribution in [0.2, 0.25) is 0 Å². The lowest BCUT2D eigenvalue weighted by atomic mass is 9.82. The average molecular weight is 251 g/mol. The Morgan fingerprint density at radius 1 is 1.28 bits per heavy atom. The molecule has 4 nitrogen and oxygen atoms in total. The number of rotatable bonds is 3. The number of nitrogens with zero attached hydrogens (tertiary/aromatic N) is 3. The normalized spacial score (nSPS) is 21.8. The third-order valence-corrected chi connectivity index (χ3v) is 4.47. The molecule has 0 bridgehead atoms. The van der Waals surface area contributed by atoms with Crippen LogP contribution >= 0.6 is 0 Å². The fourth-order valence-corrected chi connectivity index (χ4v) is 3.19. The Bertz CT molecular complexity index is 378. The quantitative estimate of drug-likeness (QED) is 0.837. The lowest BCUT2D eigenvalue weighted by molar-refractivity contribution is -0.0261. The van der Waals surface area contributed by atoms with E-state index in [0.717, 1.165) is 18.7 Å². The molecule has 1 atom stereocenters. The van der Waals surface area contributed by atoms with E-state index in [0.29, 0.717) is 0 Å². The van der Waals surface area contributed by atoms with Gasteiger partial charge in [0.05, 0.1) is 5.54 Å². The largest absolute Gasteiger partial charge is 0.383 e. The van der Waals surface area contributed by atoms with Gasteiger partial charge in [0.2, 0.25) is 0 Å². The Morgan fingerprint density at radius 2 is 1.89 bits per heavy atom. The summed E-state index contributed by atoms with van der Waals surface area (Å²) < 4.78 is 1.93. The van der Waals surface area contributed by atoms with Gasteiger partial charge in [-0.1, -0.05) is 25.7 Å². The van der Waals surface area contributed by atoms with Crippen molar-refractivity contribution in [2.24, 2.45) is 7.05 Å². The van der Waals surface area contributed by atoms with Crippen molar-refractivity contribution in [3.05, 3.63) is 18.2 Å². The summed E-state index contributed by atoms with van der Waals surface area (Å²) >= 11 is 0. The number of hydrogen-bond donors (Lipinski definition) is 1. The maximum absolute atomic E-state index is 10.8. The van der Waals surface area contributed by atoms with E-state index in [1.54, 1.807) is 6.20 Å². The summed E-state index contributed by atoms with van der Waals surface area (Å²) in [4.78, 5) is 6.54. The SMILES string of the molecule is CN(C)C1(C(O)c2nccn2C)CCCCCC1. The molecule has 1 unspecified atom stereocenters. The second-order valence-corrected chi connectivity index (χ2v) is 5.71. The van der Waals surface area contributed by atoms with Crippen molar-refractivity contribution in [3.63, 3.8) is 0 Å². The average Bonchev–Trinajstić information content (AvgIpc) is 2.63. The first-order chi connectivity index (χ1) is 8.58. The maximum Gasteiger partial charge on any atom is 0.139 e. The van der Waals surface area contributed by atoms with Gasteiger partial charge < -0.3 is 14.6 Å². The molecule has 4 heteroatoms. The fraction of sp³-hybridized carbons (Fsp3) is 0.786. The zero-order valence-corrected chi connectivity index (χ0v) is 11.8. The number of likely N-dealkylation sites (N-methyl/N-ethyl adjacent to an activating group) is 1. The number of aliphatic hydroxyl groups is 1. The molecule has 1 saturated carbocycles. The summed E-state index contributed by atoms with van der Waals surface area (Å²) in [6, 6.07) is 0. The molecule has 1 aliphatic rings. The van der Waals surface area contributed by atoms with Crippen LogP contribution in [0, 0.1) is 0 Å². The van der Waals surface area contributed by atoms with Crippen LogP contribution in [-0.2, 0) is 7.05 Å². The summed E-state index contributed by atoms with van der Waals surface area (Å²) in [6.45, 7) is 0. The van der Waals surface area contributed by atoms with E-state index in [1.165, 1.54) is 25.7 Å². The number of aryl methyl sites for hydroxylation is 1. The summed E-state index contributed by atoms with van der Waals surface area (Å²) in [7, 11) is 6.11. The third-order valence-electron chi connectivity index (χ3n) is 4.47. The van der Waals surface area contributed by atoms with Gasteiger partial charge in [0.1, 0.15) is 11.9 Å². The van der Waals surface area contributed by atoms with Gasteiger partial charge in [0.25, 0.3) is 0 Å². The minimum Gasteiger partial charge on any atom is -0.383 e. The monoisotopic (exact) mass is 251 g/mol. The van der Waals surface area contributed by atoms with Crippen molar-refractivity contribution in [2.45, 2.75) is 50.2 Å². The van der Waals surface area contributed by atoms with Gasteiger partial charge >= 0.3 is 0 Å². The predicted molar refractivity (Wildman–Crippen MR) is 72.3 cm³/mol. The highest BCUT2D eigenvalue weighted by Crippen LogP contribution is 2.40. The van der Waals surface area contributed by atoms with Gasteiger partial charge in [-0.2, -0.15) is 0 Å². The molecule has 0 saturated heterocycles. The topological polar surface area (TPSA) is 41.3 Å². The zero-order valence-electron chi connectivity index (χ0n) is 11.8. The molecule has 18 heavy (non-hydrogen) atoms. The van der Waals surface area contributed by atoms with Crippen LogP contribution in [-0.4, -0.2) is 39.2 Å². The van der Waals surface area contributed by atoms with Crippen molar-refractivity contribution in [2.75, 3.05) is 14.1 Å². The number of aliphatic hydroxyl groups excluding tert-OH is 1. The van der Waals surface area contributed by atoms with Crippen LogP contribution in [0.15, 0.2) is 12.4 Å². The van der Waals surface area contributed by atoms with Gasteiger partial charge in [0.15, 0.2) is 0 Å². The fourth-order valence-electron chi connectivity index (χ4n) is 3.19. The Morgan fingerprint density at radius 3 is 2.33 bits per heavy atom. The van der Waals surface area contributed by atoms with Crippen molar-refractivity contribution in [1.82, 2.24) is 14.5 Å². The molecule has 2 rings (SSSR count). The number of hydrogen-bond acceptors (Lipinski definition) is 3. The Hall–Kier alpha value is -0.870. The molecule has 0 aromatic carbocycles. The summed E-state index contributed by atoms with van der Waals surface area (Å²) in [6.07, 6.45) is 10.2. The molecule has 1 aromatic heterocycles. The summed E-state index contributed by atoms with van der Waals surface area (Å²) in [5.41, 5.74) is -0.157. The van der Waals surface area contributed by atoms with Gasteiger partial charge in [-0.25, -0.2) is 4.98 Å². The Kier molecular flexibility index (Phi) is 4.07. The van der Waals surface area contributed by atoms with Crippen molar-refractivity contribution in [3.8, 4) is 0 Å². The summed E-state index contributed by atoms with van der Waals surface area (Å²) in [5.74, 6) is 0.783. The van der Waals surface area contributed by atoms with E-state index in [-0.39, 0.29) is 5.54 Å². The molecule has 1 aromatic rings. The van der Waals surface area contributed by atoms with E-state index >= 15 is 0 Å². The molecule has 1 fully saturated rings. The van der Waals surface area contributed by atoms with Crippen LogP contribution in [0.3, 0.4) is 0 Å². The number of aromatic nitrogens is 2. The molecule has 0 spiro atoms. The van der Waals surface area contributed by atoms with Crippen LogP contribution in [0.4, 0.5) is 0 Å². The van der Waals surface area contributed by atoms with Crippen LogP contribution < -0.4 is 0 Å². The van der Waals surface area contributed by atoms with Crippen molar-refractivity contribution >= 4 is 0 Å². The second kappa shape index (κ2) is 5.41. The Balaban J connectivity index is 2.31. The molecule has 102 valence electrons. The van der Waals surface area contributed by atoms with E-state index in [2.05, 4.69) is 24.0 Å². The summed E-state index contributed by atoms with van der Waals surface area (Å²) in [5, 5.41) is 10.8. The third kappa shape index (κ3) is 2.31. The molecule has 0 radical (unpaired) electrons. The standard InChI is InChI=1S/C14H25N3O/c1-16(2)14(8-6-4-5-7-9-14)12(18)13-15-10-11-17(13)3/h10-12,18H,4-9H2,1-3H3. The maximum atomic E-state index is 10.8. The first-order valence-electron chi connectivity index (χ1n) is 6.90. The highest BCUT2D eigenvalue weighted by atomic mass is 16.3. The van der Waals surface area contributed by atoms with Crippen LogP contribution in [0.1, 0.15) is 50.5 Å². The second-order valence-electron chi connectivity index (χ2n) is 5.71. The minimum atomic E-state index is -0.509. The molecule has 1 heterocycles. The minimum absolute atomic E-state index is 0.157. The lowest BCUT2D eigenvalue weighted by Gasteiger charge is -2.43. The molecule has 1 N–H and O–H groups in total. The smallest absolute Gasteiger partial charge is 0.139 e. The van der Waals surface area contributed by atoms with Crippen molar-refractivity contribution < 1.29 is 5.11 Å². The number of imidazole rings is 1. The molecule has 0 aliphatic heterocycles. The highest BCUT2D eigenvalue weighted by molar-refractivity contribution is 5.07. The Labute approximate surface area is 110 Å². The van der Waals surface area contributed by atoms with Gasteiger partial charge in [-0.15, -0.1) is 0 Å². The highest BCUT2D eigenvalue weighted by Gasteiger charge is 2.42. The lowest BCUT2D eigenvalue weighted by Crippen LogP contribution is -2.49. The van der Waals surface area contributed by atoms with Crippen LogP contribution in [0.25, 0.3) is 0 Å². The molecule has 1 aliphatic carbocycles. The van der Waals surface area contributed by atoms with Gasteiger partial charge in [0, 0.05) is 19.4 Å². The first kappa shape index (κ1) is 13.6. The molecular formula is C14H25N3O. The van der Waals surface area contributed by atoms with Gasteiger partial charge in [-0.05, 0) is 26.9 Å². The van der Waals surface area contributed by atoms with Crippen molar-refractivity contribution in [1.29, 1.82) is 0 Å².